The standard InChI is InChI=1S/C14H16N2O2/c1-2-15-8-9-4-3-5-10(6-9)16-13(17)11-7-12(11)14(16)18/h3-6,11-12,15H,2,7-8H2,1H3. The minimum Gasteiger partial charge on any atom is -0.313 e. The quantitative estimate of drug-likeness (QED) is 0.812. The maximum absolute atomic E-state index is 12.0. The number of fused-ring (bicyclic) bond motifs is 1. The summed E-state index contributed by atoms with van der Waals surface area (Å²) >= 11 is 0. The second-order valence-electron chi connectivity index (χ2n) is 4.91. The molecule has 3 rings (SSSR count). The van der Waals surface area contributed by atoms with Gasteiger partial charge in [0.1, 0.15) is 0 Å². The Morgan fingerprint density at radius 1 is 1.28 bits per heavy atom. The van der Waals surface area contributed by atoms with Crippen LogP contribution in [0.4, 0.5) is 5.69 Å². The third-order valence-corrected chi connectivity index (χ3v) is 3.61. The highest BCUT2D eigenvalue weighted by Gasteiger charge is 2.59. The van der Waals surface area contributed by atoms with Crippen LogP contribution in [0.2, 0.25) is 0 Å². The van der Waals surface area contributed by atoms with E-state index in [-0.39, 0.29) is 23.7 Å². The van der Waals surface area contributed by atoms with Crippen LogP contribution in [-0.4, -0.2) is 18.4 Å². The van der Waals surface area contributed by atoms with Crippen molar-refractivity contribution in [1.82, 2.24) is 5.32 Å². The van der Waals surface area contributed by atoms with Crippen molar-refractivity contribution in [3.63, 3.8) is 0 Å². The fourth-order valence-corrected chi connectivity index (χ4v) is 2.51. The first-order valence-electron chi connectivity index (χ1n) is 6.40. The Morgan fingerprint density at radius 3 is 2.67 bits per heavy atom. The van der Waals surface area contributed by atoms with Gasteiger partial charge in [-0.1, -0.05) is 19.1 Å². The molecule has 1 aliphatic carbocycles. The molecule has 1 saturated heterocycles. The number of hydrogen-bond donors (Lipinski definition) is 1. The van der Waals surface area contributed by atoms with E-state index in [2.05, 4.69) is 5.32 Å². The first-order valence-corrected chi connectivity index (χ1v) is 6.40. The lowest BCUT2D eigenvalue weighted by Crippen LogP contribution is -2.32. The molecule has 2 atom stereocenters. The number of piperidine rings is 1. The van der Waals surface area contributed by atoms with Crippen LogP contribution in [-0.2, 0) is 16.1 Å². The van der Waals surface area contributed by atoms with Gasteiger partial charge in [-0.25, -0.2) is 0 Å². The van der Waals surface area contributed by atoms with Gasteiger partial charge in [0.05, 0.1) is 17.5 Å². The van der Waals surface area contributed by atoms with Gasteiger partial charge in [-0.05, 0) is 30.7 Å². The van der Waals surface area contributed by atoms with E-state index in [4.69, 9.17) is 0 Å². The van der Waals surface area contributed by atoms with Crippen LogP contribution in [0.1, 0.15) is 18.9 Å². The molecular formula is C14H16N2O2. The van der Waals surface area contributed by atoms with Crippen LogP contribution in [0.15, 0.2) is 24.3 Å². The molecule has 4 nitrogen and oxygen atoms in total. The number of nitrogens with zero attached hydrogens (tertiary/aromatic N) is 1. The molecule has 0 radical (unpaired) electrons. The van der Waals surface area contributed by atoms with E-state index in [1.54, 1.807) is 0 Å². The molecule has 4 heteroatoms. The number of rotatable bonds is 4. The minimum atomic E-state index is -0.0325. The molecule has 2 unspecified atom stereocenters. The molecule has 2 amide bonds. The average Bonchev–Trinajstić information content (AvgIpc) is 3.12. The van der Waals surface area contributed by atoms with E-state index in [1.807, 2.05) is 31.2 Å². The number of carbonyl (C=O) groups is 2. The van der Waals surface area contributed by atoms with E-state index in [1.165, 1.54) is 4.90 Å². The molecule has 18 heavy (non-hydrogen) atoms. The summed E-state index contributed by atoms with van der Waals surface area (Å²) in [5, 5.41) is 3.23. The summed E-state index contributed by atoms with van der Waals surface area (Å²) in [6.07, 6.45) is 0.755. The third-order valence-electron chi connectivity index (χ3n) is 3.61. The summed E-state index contributed by atoms with van der Waals surface area (Å²) < 4.78 is 0. The molecule has 2 fully saturated rings. The summed E-state index contributed by atoms with van der Waals surface area (Å²) in [6, 6.07) is 7.64. The molecule has 0 bridgehead atoms. The highest BCUT2D eigenvalue weighted by molar-refractivity contribution is 6.24. The molecule has 1 aliphatic heterocycles. The molecular weight excluding hydrogens is 228 g/mol. The Kier molecular flexibility index (Phi) is 2.67. The number of benzene rings is 1. The predicted octanol–water partition coefficient (Wildman–Crippen LogP) is 1.31. The first kappa shape index (κ1) is 11.4. The predicted molar refractivity (Wildman–Crippen MR) is 67.9 cm³/mol. The van der Waals surface area contributed by atoms with Crippen molar-refractivity contribution in [3.05, 3.63) is 29.8 Å². The summed E-state index contributed by atoms with van der Waals surface area (Å²) in [6.45, 7) is 3.70. The Hall–Kier alpha value is -1.68. The fraction of sp³-hybridized carbons (Fsp3) is 0.429. The van der Waals surface area contributed by atoms with Crippen molar-refractivity contribution in [1.29, 1.82) is 0 Å². The SMILES string of the molecule is CCNCc1cccc(N2C(=O)C3CC3C2=O)c1. The number of anilines is 1. The van der Waals surface area contributed by atoms with Crippen LogP contribution in [0.5, 0.6) is 0 Å². The molecule has 0 aromatic heterocycles. The summed E-state index contributed by atoms with van der Waals surface area (Å²) in [7, 11) is 0. The van der Waals surface area contributed by atoms with Crippen LogP contribution in [0.25, 0.3) is 0 Å². The Bertz CT molecular complexity index is 492. The number of nitrogens with one attached hydrogen (secondary N) is 1. The lowest BCUT2D eigenvalue weighted by atomic mass is 10.2. The van der Waals surface area contributed by atoms with Gasteiger partial charge in [0.2, 0.25) is 11.8 Å². The number of carbonyl (C=O) groups excluding carboxylic acids is 2. The largest absolute Gasteiger partial charge is 0.313 e. The molecule has 94 valence electrons. The van der Waals surface area contributed by atoms with Crippen LogP contribution < -0.4 is 10.2 Å². The highest BCUT2D eigenvalue weighted by atomic mass is 16.2. The topological polar surface area (TPSA) is 49.4 Å². The Morgan fingerprint density at radius 2 is 2.00 bits per heavy atom. The van der Waals surface area contributed by atoms with Gasteiger partial charge in [0.25, 0.3) is 0 Å². The van der Waals surface area contributed by atoms with Crippen molar-refractivity contribution in [2.75, 3.05) is 11.4 Å². The van der Waals surface area contributed by atoms with E-state index < -0.39 is 0 Å². The van der Waals surface area contributed by atoms with Gasteiger partial charge in [0, 0.05) is 6.54 Å². The van der Waals surface area contributed by atoms with E-state index in [0.717, 1.165) is 25.1 Å². The first-order chi connectivity index (χ1) is 8.72. The van der Waals surface area contributed by atoms with Crippen LogP contribution in [0, 0.1) is 11.8 Å². The lowest BCUT2D eigenvalue weighted by molar-refractivity contribution is -0.123. The van der Waals surface area contributed by atoms with Crippen molar-refractivity contribution in [2.24, 2.45) is 11.8 Å². The normalized spacial score (nSPS) is 25.5. The number of amides is 2. The summed E-state index contributed by atoms with van der Waals surface area (Å²) in [4.78, 5) is 25.3. The molecule has 1 aromatic rings. The van der Waals surface area contributed by atoms with Gasteiger partial charge in [-0.15, -0.1) is 0 Å². The van der Waals surface area contributed by atoms with Crippen LogP contribution >= 0.6 is 0 Å². The van der Waals surface area contributed by atoms with Crippen molar-refractivity contribution in [3.8, 4) is 0 Å². The highest BCUT2D eigenvalue weighted by Crippen LogP contribution is 2.48. The molecule has 1 heterocycles. The Balaban J connectivity index is 1.84. The van der Waals surface area contributed by atoms with Gasteiger partial charge < -0.3 is 5.32 Å². The van der Waals surface area contributed by atoms with Crippen molar-refractivity contribution >= 4 is 17.5 Å². The molecule has 2 aliphatic rings. The smallest absolute Gasteiger partial charge is 0.237 e. The second-order valence-corrected chi connectivity index (χ2v) is 4.91. The maximum Gasteiger partial charge on any atom is 0.237 e. The molecule has 1 aromatic carbocycles. The summed E-state index contributed by atoms with van der Waals surface area (Å²) in [5.41, 5.74) is 1.81. The third kappa shape index (κ3) is 1.73. The van der Waals surface area contributed by atoms with E-state index in [9.17, 15) is 9.59 Å². The summed E-state index contributed by atoms with van der Waals surface area (Å²) in [5.74, 6) is -0.110. The zero-order chi connectivity index (χ0) is 12.7. The zero-order valence-electron chi connectivity index (χ0n) is 10.3. The van der Waals surface area contributed by atoms with Gasteiger partial charge in [-0.2, -0.15) is 0 Å². The maximum atomic E-state index is 12.0. The van der Waals surface area contributed by atoms with Crippen LogP contribution in [0.3, 0.4) is 0 Å². The van der Waals surface area contributed by atoms with Gasteiger partial charge in [0.15, 0.2) is 0 Å². The minimum absolute atomic E-state index is 0.0226. The average molecular weight is 244 g/mol. The lowest BCUT2D eigenvalue weighted by Gasteiger charge is -2.17. The fourth-order valence-electron chi connectivity index (χ4n) is 2.51. The monoisotopic (exact) mass is 244 g/mol. The van der Waals surface area contributed by atoms with Crippen molar-refractivity contribution < 1.29 is 9.59 Å². The molecule has 1 saturated carbocycles. The van der Waals surface area contributed by atoms with E-state index in [0.29, 0.717) is 5.69 Å². The second kappa shape index (κ2) is 4.21. The zero-order valence-corrected chi connectivity index (χ0v) is 10.3. The number of imide groups is 1. The van der Waals surface area contributed by atoms with Gasteiger partial charge in [-0.3, -0.25) is 14.5 Å². The molecule has 0 spiro atoms. The van der Waals surface area contributed by atoms with E-state index >= 15 is 0 Å². The molecule has 1 N–H and O–H groups in total. The van der Waals surface area contributed by atoms with Gasteiger partial charge >= 0.3 is 0 Å². The number of hydrogen-bond acceptors (Lipinski definition) is 3. The Labute approximate surface area is 106 Å². The van der Waals surface area contributed by atoms with Crippen molar-refractivity contribution in [2.45, 2.75) is 19.9 Å².